The molecule has 0 bridgehead atoms. The SMILES string of the molecule is C=CCOc1ccc2cc(CO)ccc2n1. The fourth-order valence-electron chi connectivity index (χ4n) is 1.48. The topological polar surface area (TPSA) is 42.4 Å². The summed E-state index contributed by atoms with van der Waals surface area (Å²) in [6, 6.07) is 9.39. The molecule has 1 heterocycles. The fourth-order valence-corrected chi connectivity index (χ4v) is 1.48. The first-order valence-electron chi connectivity index (χ1n) is 5.08. The lowest BCUT2D eigenvalue weighted by molar-refractivity contribution is 0.282. The van der Waals surface area contributed by atoms with Crippen LogP contribution in [0.2, 0.25) is 0 Å². The number of pyridine rings is 1. The molecule has 0 radical (unpaired) electrons. The van der Waals surface area contributed by atoms with E-state index in [4.69, 9.17) is 9.84 Å². The number of hydrogen-bond donors (Lipinski definition) is 1. The van der Waals surface area contributed by atoms with Crippen molar-refractivity contribution in [3.8, 4) is 5.88 Å². The molecular weight excluding hydrogens is 202 g/mol. The van der Waals surface area contributed by atoms with E-state index in [0.29, 0.717) is 12.5 Å². The number of aromatic nitrogens is 1. The molecule has 0 atom stereocenters. The molecular formula is C13H13NO2. The minimum Gasteiger partial charge on any atom is -0.473 e. The Bertz CT molecular complexity index is 508. The zero-order valence-electron chi connectivity index (χ0n) is 8.89. The lowest BCUT2D eigenvalue weighted by Crippen LogP contribution is -1.95. The second kappa shape index (κ2) is 4.77. The van der Waals surface area contributed by atoms with Gasteiger partial charge in [0, 0.05) is 11.5 Å². The molecule has 0 unspecified atom stereocenters. The molecule has 82 valence electrons. The van der Waals surface area contributed by atoms with Crippen LogP contribution < -0.4 is 4.74 Å². The van der Waals surface area contributed by atoms with E-state index < -0.39 is 0 Å². The van der Waals surface area contributed by atoms with E-state index in [1.165, 1.54) is 0 Å². The zero-order valence-corrected chi connectivity index (χ0v) is 8.89. The summed E-state index contributed by atoms with van der Waals surface area (Å²) in [4.78, 5) is 4.34. The van der Waals surface area contributed by atoms with Gasteiger partial charge in [-0.2, -0.15) is 0 Å². The van der Waals surface area contributed by atoms with Crippen LogP contribution in [0.3, 0.4) is 0 Å². The minimum atomic E-state index is 0.0463. The van der Waals surface area contributed by atoms with Crippen molar-refractivity contribution in [1.29, 1.82) is 0 Å². The van der Waals surface area contributed by atoms with Crippen LogP contribution in [-0.2, 0) is 6.61 Å². The maximum absolute atomic E-state index is 9.01. The summed E-state index contributed by atoms with van der Waals surface area (Å²) in [6.45, 7) is 4.08. The van der Waals surface area contributed by atoms with E-state index in [1.807, 2.05) is 30.3 Å². The summed E-state index contributed by atoms with van der Waals surface area (Å²) in [5.74, 6) is 0.587. The summed E-state index contributed by atoms with van der Waals surface area (Å²) in [7, 11) is 0. The molecule has 0 aliphatic carbocycles. The summed E-state index contributed by atoms with van der Waals surface area (Å²) < 4.78 is 5.34. The van der Waals surface area contributed by atoms with Crippen molar-refractivity contribution in [3.05, 3.63) is 48.6 Å². The molecule has 2 aromatic rings. The average molecular weight is 215 g/mol. The quantitative estimate of drug-likeness (QED) is 0.796. The highest BCUT2D eigenvalue weighted by Gasteiger charge is 1.99. The molecule has 0 aliphatic rings. The number of aliphatic hydroxyl groups excluding tert-OH is 1. The van der Waals surface area contributed by atoms with Gasteiger partial charge in [0.25, 0.3) is 0 Å². The molecule has 0 aliphatic heterocycles. The van der Waals surface area contributed by atoms with E-state index in [2.05, 4.69) is 11.6 Å². The Kier molecular flexibility index (Phi) is 3.17. The van der Waals surface area contributed by atoms with Crippen molar-refractivity contribution in [2.24, 2.45) is 0 Å². The number of ether oxygens (including phenoxy) is 1. The summed E-state index contributed by atoms with van der Waals surface area (Å²) >= 11 is 0. The van der Waals surface area contributed by atoms with Gasteiger partial charge in [0.1, 0.15) is 6.61 Å². The Hall–Kier alpha value is -1.87. The molecule has 1 N–H and O–H groups in total. The van der Waals surface area contributed by atoms with Crippen molar-refractivity contribution in [1.82, 2.24) is 4.98 Å². The zero-order chi connectivity index (χ0) is 11.4. The van der Waals surface area contributed by atoms with Crippen LogP contribution in [0.1, 0.15) is 5.56 Å². The summed E-state index contributed by atoms with van der Waals surface area (Å²) in [5.41, 5.74) is 1.74. The second-order valence-corrected chi connectivity index (χ2v) is 3.43. The van der Waals surface area contributed by atoms with Gasteiger partial charge in [-0.05, 0) is 23.8 Å². The molecule has 16 heavy (non-hydrogen) atoms. The van der Waals surface area contributed by atoms with Gasteiger partial charge in [-0.1, -0.05) is 18.7 Å². The van der Waals surface area contributed by atoms with Crippen molar-refractivity contribution in [2.45, 2.75) is 6.61 Å². The monoisotopic (exact) mass is 215 g/mol. The normalized spacial score (nSPS) is 10.3. The first kappa shape index (κ1) is 10.6. The van der Waals surface area contributed by atoms with Crippen molar-refractivity contribution in [2.75, 3.05) is 6.61 Å². The molecule has 0 spiro atoms. The molecule has 2 rings (SSSR count). The highest BCUT2D eigenvalue weighted by atomic mass is 16.5. The number of benzene rings is 1. The first-order chi connectivity index (χ1) is 7.83. The standard InChI is InChI=1S/C13H13NO2/c1-2-7-16-13-6-4-11-8-10(9-15)3-5-12(11)14-13/h2-6,8,15H,1,7,9H2. The Balaban J connectivity index is 2.35. The maximum Gasteiger partial charge on any atom is 0.214 e. The Morgan fingerprint density at radius 1 is 1.31 bits per heavy atom. The van der Waals surface area contributed by atoms with Crippen LogP contribution in [-0.4, -0.2) is 16.7 Å². The van der Waals surface area contributed by atoms with E-state index in [9.17, 15) is 0 Å². The third-order valence-electron chi connectivity index (χ3n) is 2.26. The van der Waals surface area contributed by atoms with Gasteiger partial charge < -0.3 is 9.84 Å². The number of nitrogens with zero attached hydrogens (tertiary/aromatic N) is 1. The smallest absolute Gasteiger partial charge is 0.214 e. The number of fused-ring (bicyclic) bond motifs is 1. The Labute approximate surface area is 94.0 Å². The summed E-state index contributed by atoms with van der Waals surface area (Å²) in [6.07, 6.45) is 1.68. The average Bonchev–Trinajstić information content (AvgIpc) is 2.35. The number of aliphatic hydroxyl groups is 1. The van der Waals surface area contributed by atoms with Gasteiger partial charge in [-0.25, -0.2) is 4.98 Å². The highest BCUT2D eigenvalue weighted by Crippen LogP contribution is 2.18. The molecule has 0 amide bonds. The number of rotatable bonds is 4. The third-order valence-corrected chi connectivity index (χ3v) is 2.26. The van der Waals surface area contributed by atoms with Crippen LogP contribution >= 0.6 is 0 Å². The number of hydrogen-bond acceptors (Lipinski definition) is 3. The van der Waals surface area contributed by atoms with Gasteiger partial charge in [-0.15, -0.1) is 0 Å². The lowest BCUT2D eigenvalue weighted by Gasteiger charge is -2.04. The van der Waals surface area contributed by atoms with Crippen molar-refractivity contribution in [3.63, 3.8) is 0 Å². The van der Waals surface area contributed by atoms with E-state index in [-0.39, 0.29) is 6.61 Å². The first-order valence-corrected chi connectivity index (χ1v) is 5.08. The van der Waals surface area contributed by atoms with E-state index >= 15 is 0 Å². The van der Waals surface area contributed by atoms with Gasteiger partial charge >= 0.3 is 0 Å². The van der Waals surface area contributed by atoms with Crippen LogP contribution in [0.25, 0.3) is 10.9 Å². The van der Waals surface area contributed by atoms with Crippen LogP contribution in [0.4, 0.5) is 0 Å². The second-order valence-electron chi connectivity index (χ2n) is 3.43. The van der Waals surface area contributed by atoms with Crippen molar-refractivity contribution >= 4 is 10.9 Å². The molecule has 1 aromatic heterocycles. The predicted molar refractivity (Wildman–Crippen MR) is 63.4 cm³/mol. The Morgan fingerprint density at radius 2 is 2.19 bits per heavy atom. The molecule has 0 saturated heterocycles. The predicted octanol–water partition coefficient (Wildman–Crippen LogP) is 2.29. The van der Waals surface area contributed by atoms with Gasteiger partial charge in [0.15, 0.2) is 0 Å². The summed E-state index contributed by atoms with van der Waals surface area (Å²) in [5, 5.41) is 10.0. The van der Waals surface area contributed by atoms with Crippen molar-refractivity contribution < 1.29 is 9.84 Å². The third kappa shape index (κ3) is 2.20. The van der Waals surface area contributed by atoms with Crippen LogP contribution in [0, 0.1) is 0 Å². The van der Waals surface area contributed by atoms with Crippen LogP contribution in [0.5, 0.6) is 5.88 Å². The highest BCUT2D eigenvalue weighted by molar-refractivity contribution is 5.79. The molecule has 1 aromatic carbocycles. The molecule has 3 nitrogen and oxygen atoms in total. The largest absolute Gasteiger partial charge is 0.473 e. The Morgan fingerprint density at radius 3 is 2.94 bits per heavy atom. The maximum atomic E-state index is 9.01. The molecule has 0 fully saturated rings. The minimum absolute atomic E-state index is 0.0463. The molecule has 0 saturated carbocycles. The van der Waals surface area contributed by atoms with E-state index in [1.54, 1.807) is 6.08 Å². The fraction of sp³-hybridized carbons (Fsp3) is 0.154. The van der Waals surface area contributed by atoms with Gasteiger partial charge in [-0.3, -0.25) is 0 Å². The lowest BCUT2D eigenvalue weighted by atomic mass is 10.1. The van der Waals surface area contributed by atoms with Crippen LogP contribution in [0.15, 0.2) is 43.0 Å². The van der Waals surface area contributed by atoms with Gasteiger partial charge in [0.2, 0.25) is 5.88 Å². The van der Waals surface area contributed by atoms with E-state index in [0.717, 1.165) is 16.5 Å². The molecule has 3 heteroatoms. The van der Waals surface area contributed by atoms with Gasteiger partial charge in [0.05, 0.1) is 12.1 Å².